The number of halogens is 1. The van der Waals surface area contributed by atoms with Crippen LogP contribution in [0.1, 0.15) is 11.1 Å². The quantitative estimate of drug-likeness (QED) is 0.633. The van der Waals surface area contributed by atoms with Gasteiger partial charge in [-0.15, -0.1) is 0 Å². The number of ether oxygens (including phenoxy) is 1. The summed E-state index contributed by atoms with van der Waals surface area (Å²) in [6.45, 7) is 0.506. The lowest BCUT2D eigenvalue weighted by Crippen LogP contribution is -2.07. The van der Waals surface area contributed by atoms with Gasteiger partial charge in [-0.2, -0.15) is 0 Å². The Bertz CT molecular complexity index is 890. The number of anilines is 1. The van der Waals surface area contributed by atoms with Gasteiger partial charge < -0.3 is 10.1 Å². The van der Waals surface area contributed by atoms with Crippen molar-refractivity contribution in [1.29, 1.82) is 0 Å². The van der Waals surface area contributed by atoms with Gasteiger partial charge in [-0.25, -0.2) is 4.39 Å². The van der Waals surface area contributed by atoms with Crippen molar-refractivity contribution < 1.29 is 13.9 Å². The molecule has 3 rings (SSSR count). The molecular weight excluding hydrogens is 329 g/mol. The summed E-state index contributed by atoms with van der Waals surface area (Å²) in [5, 5.41) is 2.61. The van der Waals surface area contributed by atoms with Crippen LogP contribution in [0.4, 0.5) is 10.1 Å². The average Bonchev–Trinajstić information content (AvgIpc) is 2.66. The number of carbonyl (C=O) groups excluding carboxylic acids is 1. The van der Waals surface area contributed by atoms with Crippen LogP contribution in [0.15, 0.2) is 84.9 Å². The molecule has 0 unspecified atom stereocenters. The van der Waals surface area contributed by atoms with Crippen molar-refractivity contribution in [2.24, 2.45) is 0 Å². The molecule has 26 heavy (non-hydrogen) atoms. The van der Waals surface area contributed by atoms with E-state index in [2.05, 4.69) is 5.32 Å². The first-order chi connectivity index (χ1) is 12.7. The Labute approximate surface area is 151 Å². The van der Waals surface area contributed by atoms with Crippen LogP contribution in [0.25, 0.3) is 6.08 Å². The zero-order chi connectivity index (χ0) is 18.2. The van der Waals surface area contributed by atoms with Crippen LogP contribution in [0.2, 0.25) is 0 Å². The fraction of sp³-hybridized carbons (Fsp3) is 0.0455. The number of amides is 1. The molecule has 0 aliphatic heterocycles. The van der Waals surface area contributed by atoms with Gasteiger partial charge in [-0.1, -0.05) is 48.5 Å². The Balaban J connectivity index is 1.53. The van der Waals surface area contributed by atoms with Crippen LogP contribution in [0, 0.1) is 5.82 Å². The normalized spacial score (nSPS) is 10.7. The molecule has 3 aromatic carbocycles. The van der Waals surface area contributed by atoms with E-state index >= 15 is 0 Å². The zero-order valence-electron chi connectivity index (χ0n) is 14.1. The minimum Gasteiger partial charge on any atom is -0.489 e. The van der Waals surface area contributed by atoms with E-state index < -0.39 is 5.82 Å². The first kappa shape index (κ1) is 17.4. The predicted octanol–water partition coefficient (Wildman–Crippen LogP) is 5.06. The van der Waals surface area contributed by atoms with E-state index in [4.69, 9.17) is 4.74 Å². The molecule has 3 aromatic rings. The summed E-state index contributed by atoms with van der Waals surface area (Å²) in [4.78, 5) is 11.9. The fourth-order valence-electron chi connectivity index (χ4n) is 2.34. The van der Waals surface area contributed by atoms with Gasteiger partial charge in [0.05, 0.1) is 0 Å². The Hall–Kier alpha value is -3.40. The number of nitrogens with one attached hydrogen (secondary N) is 1. The standard InChI is InChI=1S/C22H18FNO2/c23-19-7-4-8-20(15-19)24-22(25)14-11-17-9-12-21(13-10-17)26-16-18-5-2-1-3-6-18/h1-15H,16H2,(H,24,25). The highest BCUT2D eigenvalue weighted by molar-refractivity contribution is 6.01. The van der Waals surface area contributed by atoms with Crippen molar-refractivity contribution >= 4 is 17.7 Å². The molecule has 4 heteroatoms. The van der Waals surface area contributed by atoms with E-state index in [-0.39, 0.29) is 5.91 Å². The molecule has 0 heterocycles. The topological polar surface area (TPSA) is 38.3 Å². The van der Waals surface area contributed by atoms with Crippen LogP contribution in [0.5, 0.6) is 5.75 Å². The van der Waals surface area contributed by atoms with E-state index in [0.29, 0.717) is 12.3 Å². The van der Waals surface area contributed by atoms with Gasteiger partial charge in [-0.3, -0.25) is 4.79 Å². The average molecular weight is 347 g/mol. The molecule has 0 aliphatic rings. The lowest BCUT2D eigenvalue weighted by molar-refractivity contribution is -0.111. The second-order valence-corrected chi connectivity index (χ2v) is 5.68. The minimum absolute atomic E-state index is 0.319. The van der Waals surface area contributed by atoms with Gasteiger partial charge in [-0.05, 0) is 47.5 Å². The Morgan fingerprint density at radius 3 is 2.46 bits per heavy atom. The predicted molar refractivity (Wildman–Crippen MR) is 101 cm³/mol. The van der Waals surface area contributed by atoms with Gasteiger partial charge in [0.1, 0.15) is 18.2 Å². The largest absolute Gasteiger partial charge is 0.489 e. The second kappa shape index (κ2) is 8.62. The highest BCUT2D eigenvalue weighted by Gasteiger charge is 2.00. The van der Waals surface area contributed by atoms with Gasteiger partial charge in [0.2, 0.25) is 5.91 Å². The van der Waals surface area contributed by atoms with E-state index in [1.165, 1.54) is 18.2 Å². The van der Waals surface area contributed by atoms with Gasteiger partial charge in [0.25, 0.3) is 0 Å². The second-order valence-electron chi connectivity index (χ2n) is 5.68. The van der Waals surface area contributed by atoms with E-state index in [0.717, 1.165) is 16.9 Å². The molecule has 1 amide bonds. The Morgan fingerprint density at radius 2 is 1.73 bits per heavy atom. The fourth-order valence-corrected chi connectivity index (χ4v) is 2.34. The lowest BCUT2D eigenvalue weighted by atomic mass is 10.2. The molecule has 3 nitrogen and oxygen atoms in total. The maximum absolute atomic E-state index is 13.1. The first-order valence-electron chi connectivity index (χ1n) is 8.20. The Morgan fingerprint density at radius 1 is 0.962 bits per heavy atom. The van der Waals surface area contributed by atoms with Crippen molar-refractivity contribution in [3.05, 3.63) is 102 Å². The number of rotatable bonds is 6. The molecule has 0 saturated heterocycles. The highest BCUT2D eigenvalue weighted by atomic mass is 19.1. The molecule has 1 N–H and O–H groups in total. The Kier molecular flexibility index (Phi) is 5.78. The molecule has 0 bridgehead atoms. The van der Waals surface area contributed by atoms with Crippen LogP contribution in [-0.4, -0.2) is 5.91 Å². The van der Waals surface area contributed by atoms with E-state index in [9.17, 15) is 9.18 Å². The highest BCUT2D eigenvalue weighted by Crippen LogP contribution is 2.15. The van der Waals surface area contributed by atoms with Gasteiger partial charge in [0.15, 0.2) is 0 Å². The minimum atomic E-state index is -0.391. The number of hydrogen-bond acceptors (Lipinski definition) is 2. The summed E-state index contributed by atoms with van der Waals surface area (Å²) >= 11 is 0. The summed E-state index contributed by atoms with van der Waals surface area (Å²) in [5.74, 6) is 0.0492. The first-order valence-corrected chi connectivity index (χ1v) is 8.20. The van der Waals surface area contributed by atoms with Crippen molar-refractivity contribution in [1.82, 2.24) is 0 Å². The molecule has 0 fully saturated rings. The summed E-state index contributed by atoms with van der Waals surface area (Å²) in [7, 11) is 0. The molecule has 130 valence electrons. The molecule has 0 saturated carbocycles. The van der Waals surface area contributed by atoms with E-state index in [1.54, 1.807) is 18.2 Å². The van der Waals surface area contributed by atoms with Crippen molar-refractivity contribution in [2.45, 2.75) is 6.61 Å². The molecule has 0 aliphatic carbocycles. The van der Waals surface area contributed by atoms with Crippen molar-refractivity contribution in [3.63, 3.8) is 0 Å². The maximum atomic E-state index is 13.1. The smallest absolute Gasteiger partial charge is 0.248 e. The summed E-state index contributed by atoms with van der Waals surface area (Å²) in [6, 6.07) is 23.1. The number of hydrogen-bond donors (Lipinski definition) is 1. The van der Waals surface area contributed by atoms with Crippen molar-refractivity contribution in [2.75, 3.05) is 5.32 Å². The monoisotopic (exact) mass is 347 g/mol. The summed E-state index contributed by atoms with van der Waals surface area (Å²) < 4.78 is 18.8. The third-order valence-electron chi connectivity index (χ3n) is 3.65. The number of carbonyl (C=O) groups is 1. The summed E-state index contributed by atoms with van der Waals surface area (Å²) in [6.07, 6.45) is 3.10. The van der Waals surface area contributed by atoms with E-state index in [1.807, 2.05) is 54.6 Å². The van der Waals surface area contributed by atoms with Crippen LogP contribution >= 0.6 is 0 Å². The zero-order valence-corrected chi connectivity index (χ0v) is 14.1. The summed E-state index contributed by atoms with van der Waals surface area (Å²) in [5.41, 5.74) is 2.39. The molecular formula is C22H18FNO2. The molecule has 0 aromatic heterocycles. The van der Waals surface area contributed by atoms with Crippen LogP contribution in [-0.2, 0) is 11.4 Å². The molecule has 0 spiro atoms. The maximum Gasteiger partial charge on any atom is 0.248 e. The SMILES string of the molecule is O=C(C=Cc1ccc(OCc2ccccc2)cc1)Nc1cccc(F)c1. The third-order valence-corrected chi connectivity index (χ3v) is 3.65. The van der Waals surface area contributed by atoms with Gasteiger partial charge >= 0.3 is 0 Å². The van der Waals surface area contributed by atoms with Crippen LogP contribution < -0.4 is 10.1 Å². The third kappa shape index (κ3) is 5.31. The van der Waals surface area contributed by atoms with Gasteiger partial charge in [0, 0.05) is 11.8 Å². The molecule has 0 atom stereocenters. The number of benzene rings is 3. The van der Waals surface area contributed by atoms with Crippen molar-refractivity contribution in [3.8, 4) is 5.75 Å². The lowest BCUT2D eigenvalue weighted by Gasteiger charge is -2.06. The molecule has 0 radical (unpaired) electrons. The van der Waals surface area contributed by atoms with Crippen LogP contribution in [0.3, 0.4) is 0 Å².